The Morgan fingerprint density at radius 2 is 1.29 bits per heavy atom. The fourth-order valence-corrected chi connectivity index (χ4v) is 3.24. The van der Waals surface area contributed by atoms with E-state index in [1.54, 1.807) is 0 Å². The maximum atomic E-state index is 11.3. The van der Waals surface area contributed by atoms with Crippen LogP contribution in [0.1, 0.15) is 19.3 Å². The summed E-state index contributed by atoms with van der Waals surface area (Å²) in [5, 5.41) is 0. The van der Waals surface area contributed by atoms with Crippen LogP contribution in [0.15, 0.2) is 12.7 Å². The van der Waals surface area contributed by atoms with Crippen LogP contribution in [-0.2, 0) is 38.0 Å². The second kappa shape index (κ2) is 14.9. The van der Waals surface area contributed by atoms with Gasteiger partial charge in [0.15, 0.2) is 0 Å². The first-order valence-electron chi connectivity index (χ1n) is 10.1. The number of hydrogen-bond donors (Lipinski definition) is 0. The Labute approximate surface area is 167 Å². The normalized spacial score (nSPS) is 29.6. The highest BCUT2D eigenvalue weighted by Gasteiger charge is 2.32. The van der Waals surface area contributed by atoms with E-state index in [1.807, 2.05) is 0 Å². The van der Waals surface area contributed by atoms with Crippen molar-refractivity contribution in [2.45, 2.75) is 31.5 Å². The van der Waals surface area contributed by atoms with E-state index in [0.717, 1.165) is 19.3 Å². The third-order valence-corrected chi connectivity index (χ3v) is 4.70. The van der Waals surface area contributed by atoms with Crippen LogP contribution in [0.25, 0.3) is 0 Å². The summed E-state index contributed by atoms with van der Waals surface area (Å²) in [6.45, 7) is 9.07. The van der Waals surface area contributed by atoms with E-state index >= 15 is 0 Å². The monoisotopic (exact) mass is 402 g/mol. The number of carbonyl (C=O) groups is 1. The van der Waals surface area contributed by atoms with Gasteiger partial charge in [-0.3, -0.25) is 0 Å². The zero-order chi connectivity index (χ0) is 19.9. The van der Waals surface area contributed by atoms with Crippen molar-refractivity contribution in [2.75, 3.05) is 72.7 Å². The van der Waals surface area contributed by atoms with Gasteiger partial charge in [-0.15, -0.1) is 0 Å². The standard InChI is InChI=1S/C20H34O8/c1-2-20(21)28-16-17-3-4-18-19(15-17)27-14-12-25-10-8-23-6-5-22-7-9-24-11-13-26-18/h2,17-19H,1,3-16H2. The molecule has 0 bridgehead atoms. The smallest absolute Gasteiger partial charge is 0.330 e. The molecule has 28 heavy (non-hydrogen) atoms. The Kier molecular flexibility index (Phi) is 12.4. The molecule has 0 radical (unpaired) electrons. The second-order valence-electron chi connectivity index (χ2n) is 6.78. The highest BCUT2D eigenvalue weighted by atomic mass is 16.6. The van der Waals surface area contributed by atoms with E-state index in [2.05, 4.69) is 6.58 Å². The molecule has 1 heterocycles. The van der Waals surface area contributed by atoms with Crippen molar-refractivity contribution in [3.8, 4) is 0 Å². The molecule has 2 fully saturated rings. The highest BCUT2D eigenvalue weighted by molar-refractivity contribution is 5.81. The number of rotatable bonds is 3. The van der Waals surface area contributed by atoms with Crippen molar-refractivity contribution in [2.24, 2.45) is 5.92 Å². The number of ether oxygens (including phenoxy) is 7. The lowest BCUT2D eigenvalue weighted by Crippen LogP contribution is -2.40. The van der Waals surface area contributed by atoms with Gasteiger partial charge in [-0.2, -0.15) is 0 Å². The van der Waals surface area contributed by atoms with Crippen LogP contribution in [0.5, 0.6) is 0 Å². The van der Waals surface area contributed by atoms with E-state index in [1.165, 1.54) is 6.08 Å². The molecule has 1 saturated heterocycles. The Morgan fingerprint density at radius 3 is 1.82 bits per heavy atom. The minimum absolute atomic E-state index is 0.00780. The lowest BCUT2D eigenvalue weighted by atomic mass is 9.85. The number of carbonyl (C=O) groups excluding carboxylic acids is 1. The summed E-state index contributed by atoms with van der Waals surface area (Å²) < 4.78 is 39.2. The molecule has 0 amide bonds. The first kappa shape index (κ1) is 23.3. The molecular formula is C20H34O8. The van der Waals surface area contributed by atoms with Crippen LogP contribution in [0.3, 0.4) is 0 Å². The molecule has 8 heteroatoms. The quantitative estimate of drug-likeness (QED) is 0.517. The topological polar surface area (TPSA) is 81.7 Å². The van der Waals surface area contributed by atoms with Crippen LogP contribution in [0, 0.1) is 5.92 Å². The van der Waals surface area contributed by atoms with E-state index in [4.69, 9.17) is 33.2 Å². The summed E-state index contributed by atoms with van der Waals surface area (Å²) in [5.41, 5.74) is 0. The first-order valence-corrected chi connectivity index (χ1v) is 10.1. The molecule has 3 atom stereocenters. The molecule has 8 nitrogen and oxygen atoms in total. The van der Waals surface area contributed by atoms with Gasteiger partial charge in [0.2, 0.25) is 0 Å². The Bertz CT molecular complexity index is 430. The van der Waals surface area contributed by atoms with Gasteiger partial charge in [0.25, 0.3) is 0 Å². The van der Waals surface area contributed by atoms with Gasteiger partial charge >= 0.3 is 5.97 Å². The molecule has 2 aliphatic rings. The van der Waals surface area contributed by atoms with Crippen molar-refractivity contribution in [3.63, 3.8) is 0 Å². The van der Waals surface area contributed by atoms with Crippen LogP contribution in [-0.4, -0.2) is 90.9 Å². The zero-order valence-corrected chi connectivity index (χ0v) is 16.7. The van der Waals surface area contributed by atoms with Gasteiger partial charge in [-0.05, 0) is 25.2 Å². The molecular weight excluding hydrogens is 368 g/mol. The van der Waals surface area contributed by atoms with Crippen molar-refractivity contribution in [1.82, 2.24) is 0 Å². The Morgan fingerprint density at radius 1 is 0.786 bits per heavy atom. The average molecular weight is 402 g/mol. The van der Waals surface area contributed by atoms with Gasteiger partial charge < -0.3 is 33.2 Å². The fraction of sp³-hybridized carbons (Fsp3) is 0.850. The molecule has 0 aromatic carbocycles. The second-order valence-corrected chi connectivity index (χ2v) is 6.78. The predicted octanol–water partition coefficient (Wildman–Crippen LogP) is 1.37. The van der Waals surface area contributed by atoms with Crippen LogP contribution >= 0.6 is 0 Å². The lowest BCUT2D eigenvalue weighted by molar-refractivity contribution is -0.144. The summed E-state index contributed by atoms with van der Waals surface area (Å²) in [5.74, 6) is -0.130. The summed E-state index contributed by atoms with van der Waals surface area (Å²) >= 11 is 0. The zero-order valence-electron chi connectivity index (χ0n) is 16.7. The van der Waals surface area contributed by atoms with Gasteiger partial charge in [0, 0.05) is 6.08 Å². The minimum atomic E-state index is -0.388. The van der Waals surface area contributed by atoms with Crippen molar-refractivity contribution in [1.29, 1.82) is 0 Å². The maximum absolute atomic E-state index is 11.3. The number of esters is 1. The number of fused-ring (bicyclic) bond motifs is 1. The molecule has 1 aliphatic carbocycles. The van der Waals surface area contributed by atoms with Gasteiger partial charge in [0.05, 0.1) is 84.9 Å². The molecule has 2 rings (SSSR count). The lowest BCUT2D eigenvalue weighted by Gasteiger charge is -2.35. The molecule has 0 N–H and O–H groups in total. The summed E-state index contributed by atoms with van der Waals surface area (Å²) in [6, 6.07) is 0. The van der Waals surface area contributed by atoms with E-state index < -0.39 is 0 Å². The van der Waals surface area contributed by atoms with Crippen molar-refractivity contribution >= 4 is 5.97 Å². The largest absolute Gasteiger partial charge is 0.462 e. The highest BCUT2D eigenvalue weighted by Crippen LogP contribution is 2.29. The van der Waals surface area contributed by atoms with Crippen molar-refractivity contribution < 1.29 is 38.0 Å². The molecule has 3 unspecified atom stereocenters. The third kappa shape index (κ3) is 9.95. The first-order chi connectivity index (χ1) is 13.8. The van der Waals surface area contributed by atoms with Gasteiger partial charge in [-0.1, -0.05) is 6.58 Å². The molecule has 1 aliphatic heterocycles. The molecule has 0 spiro atoms. The summed E-state index contributed by atoms with van der Waals surface area (Å²) in [7, 11) is 0. The summed E-state index contributed by atoms with van der Waals surface area (Å²) in [6.07, 6.45) is 3.72. The minimum Gasteiger partial charge on any atom is -0.462 e. The predicted molar refractivity (Wildman–Crippen MR) is 101 cm³/mol. The van der Waals surface area contributed by atoms with E-state index in [-0.39, 0.29) is 24.1 Å². The summed E-state index contributed by atoms with van der Waals surface area (Å²) in [4.78, 5) is 11.3. The molecule has 1 saturated carbocycles. The van der Waals surface area contributed by atoms with E-state index in [9.17, 15) is 4.79 Å². The Balaban J connectivity index is 1.78. The third-order valence-electron chi connectivity index (χ3n) is 4.70. The Hall–Kier alpha value is -1.03. The maximum Gasteiger partial charge on any atom is 0.330 e. The van der Waals surface area contributed by atoms with Gasteiger partial charge in [-0.25, -0.2) is 4.79 Å². The molecule has 0 aromatic heterocycles. The average Bonchev–Trinajstić information content (AvgIpc) is 2.72. The van der Waals surface area contributed by atoms with Crippen molar-refractivity contribution in [3.05, 3.63) is 12.7 Å². The van der Waals surface area contributed by atoms with Crippen LogP contribution < -0.4 is 0 Å². The van der Waals surface area contributed by atoms with E-state index in [0.29, 0.717) is 72.7 Å². The molecule has 162 valence electrons. The SMILES string of the molecule is C=CC(=O)OCC1CCC2OCCOCCOCCOCCOCCOC2C1. The molecule has 0 aromatic rings. The van der Waals surface area contributed by atoms with Crippen LogP contribution in [0.2, 0.25) is 0 Å². The van der Waals surface area contributed by atoms with Crippen LogP contribution in [0.4, 0.5) is 0 Å². The fourth-order valence-electron chi connectivity index (χ4n) is 3.24. The van der Waals surface area contributed by atoms with Gasteiger partial charge in [0.1, 0.15) is 0 Å². The number of hydrogen-bond acceptors (Lipinski definition) is 8.